The van der Waals surface area contributed by atoms with Crippen LogP contribution in [0.4, 0.5) is 0 Å². The lowest BCUT2D eigenvalue weighted by Crippen LogP contribution is -2.35. The summed E-state index contributed by atoms with van der Waals surface area (Å²) in [6, 6.07) is 9.79. The molecule has 0 bridgehead atoms. The molecule has 0 fully saturated rings. The van der Waals surface area contributed by atoms with E-state index in [9.17, 15) is 9.90 Å². The normalized spacial score (nSPS) is 13.4. The van der Waals surface area contributed by atoms with Gasteiger partial charge in [-0.1, -0.05) is 43.7 Å². The van der Waals surface area contributed by atoms with Crippen molar-refractivity contribution >= 4 is 11.7 Å². The summed E-state index contributed by atoms with van der Waals surface area (Å²) in [4.78, 5) is 15.3. The van der Waals surface area contributed by atoms with Crippen molar-refractivity contribution < 1.29 is 9.90 Å². The molecule has 0 heterocycles. The molecule has 1 atom stereocenters. The van der Waals surface area contributed by atoms with Crippen molar-refractivity contribution in [3.63, 3.8) is 0 Å². The van der Waals surface area contributed by atoms with Crippen LogP contribution in [0.1, 0.15) is 32.3 Å². The first-order valence-corrected chi connectivity index (χ1v) is 5.91. The standard InChI is InChI=1S/C14H19NO2/c1-3-7-13(14(16)17)11(2)15-10-12-8-5-4-6-9-12/h4-6,8-9,13H,3,7,10H2,1-2H3,(H,16,17)/p-1. The Bertz CT molecular complexity index is 384. The Morgan fingerprint density at radius 2 is 2.00 bits per heavy atom. The fraction of sp³-hybridized carbons (Fsp3) is 0.429. The van der Waals surface area contributed by atoms with Gasteiger partial charge < -0.3 is 9.90 Å². The zero-order chi connectivity index (χ0) is 12.7. The molecule has 1 aromatic carbocycles. The van der Waals surface area contributed by atoms with Crippen molar-refractivity contribution in [2.24, 2.45) is 10.9 Å². The van der Waals surface area contributed by atoms with E-state index < -0.39 is 11.9 Å². The largest absolute Gasteiger partial charge is 0.549 e. The van der Waals surface area contributed by atoms with Gasteiger partial charge in [-0.3, -0.25) is 4.99 Å². The van der Waals surface area contributed by atoms with Crippen molar-refractivity contribution in [3.8, 4) is 0 Å². The van der Waals surface area contributed by atoms with E-state index in [0.29, 0.717) is 18.7 Å². The van der Waals surface area contributed by atoms with E-state index in [4.69, 9.17) is 0 Å². The van der Waals surface area contributed by atoms with Crippen LogP contribution in [0.5, 0.6) is 0 Å². The van der Waals surface area contributed by atoms with E-state index in [0.717, 1.165) is 12.0 Å². The third-order valence-electron chi connectivity index (χ3n) is 2.72. The molecular formula is C14H18NO2-. The molecule has 0 saturated heterocycles. The summed E-state index contributed by atoms with van der Waals surface area (Å²) in [5.41, 5.74) is 1.73. The average molecular weight is 232 g/mol. The second-order valence-corrected chi connectivity index (χ2v) is 4.10. The highest BCUT2D eigenvalue weighted by atomic mass is 16.4. The fourth-order valence-electron chi connectivity index (χ4n) is 1.70. The second kappa shape index (κ2) is 6.84. The third-order valence-corrected chi connectivity index (χ3v) is 2.72. The van der Waals surface area contributed by atoms with Gasteiger partial charge in [-0.15, -0.1) is 0 Å². The number of carboxylic acid groups (broad SMARTS) is 1. The minimum atomic E-state index is -1.03. The highest BCUT2D eigenvalue weighted by molar-refractivity contribution is 5.99. The summed E-state index contributed by atoms with van der Waals surface area (Å²) in [6.45, 7) is 4.25. The molecule has 0 spiro atoms. The second-order valence-electron chi connectivity index (χ2n) is 4.10. The average Bonchev–Trinajstić information content (AvgIpc) is 2.34. The summed E-state index contributed by atoms with van der Waals surface area (Å²) < 4.78 is 0. The molecule has 1 unspecified atom stereocenters. The van der Waals surface area contributed by atoms with Crippen molar-refractivity contribution in [1.82, 2.24) is 0 Å². The van der Waals surface area contributed by atoms with E-state index >= 15 is 0 Å². The van der Waals surface area contributed by atoms with Crippen LogP contribution in [0.25, 0.3) is 0 Å². The van der Waals surface area contributed by atoms with E-state index in [-0.39, 0.29) is 0 Å². The highest BCUT2D eigenvalue weighted by Crippen LogP contribution is 2.10. The zero-order valence-corrected chi connectivity index (χ0v) is 10.3. The van der Waals surface area contributed by atoms with Gasteiger partial charge in [0.1, 0.15) is 0 Å². The smallest absolute Gasteiger partial charge is 0.0639 e. The topological polar surface area (TPSA) is 52.5 Å². The number of aliphatic imine (C=N–C) groups is 1. The van der Waals surface area contributed by atoms with Gasteiger partial charge >= 0.3 is 0 Å². The Morgan fingerprint density at radius 1 is 1.35 bits per heavy atom. The molecule has 0 radical (unpaired) electrons. The van der Waals surface area contributed by atoms with Crippen molar-refractivity contribution in [3.05, 3.63) is 35.9 Å². The van der Waals surface area contributed by atoms with Gasteiger partial charge in [-0.25, -0.2) is 0 Å². The maximum Gasteiger partial charge on any atom is 0.0639 e. The van der Waals surface area contributed by atoms with Crippen LogP contribution in [0.15, 0.2) is 35.3 Å². The molecule has 0 aliphatic heterocycles. The van der Waals surface area contributed by atoms with Crippen LogP contribution in [-0.4, -0.2) is 11.7 Å². The molecule has 3 heteroatoms. The van der Waals surface area contributed by atoms with Gasteiger partial charge in [0.2, 0.25) is 0 Å². The van der Waals surface area contributed by atoms with Crippen molar-refractivity contribution in [2.75, 3.05) is 0 Å². The first-order chi connectivity index (χ1) is 8.15. The number of benzene rings is 1. The molecule has 0 aromatic heterocycles. The van der Waals surface area contributed by atoms with Crippen LogP contribution in [0.2, 0.25) is 0 Å². The van der Waals surface area contributed by atoms with Gasteiger partial charge in [-0.2, -0.15) is 0 Å². The number of rotatable bonds is 6. The van der Waals surface area contributed by atoms with E-state index in [1.807, 2.05) is 37.3 Å². The SMILES string of the molecule is CCCC(C(=O)[O-])C(C)=NCc1ccccc1. The van der Waals surface area contributed by atoms with Gasteiger partial charge in [0.25, 0.3) is 0 Å². The Hall–Kier alpha value is -1.64. The quantitative estimate of drug-likeness (QED) is 0.702. The molecule has 1 aromatic rings. The molecular weight excluding hydrogens is 214 g/mol. The third kappa shape index (κ3) is 4.39. The summed E-state index contributed by atoms with van der Waals surface area (Å²) >= 11 is 0. The minimum Gasteiger partial charge on any atom is -0.549 e. The Labute approximate surface area is 102 Å². The number of aliphatic carboxylic acids is 1. The molecule has 3 nitrogen and oxygen atoms in total. The summed E-state index contributed by atoms with van der Waals surface area (Å²) in [6.07, 6.45) is 1.41. The lowest BCUT2D eigenvalue weighted by molar-refractivity contribution is -0.309. The van der Waals surface area contributed by atoms with Gasteiger partial charge in [-0.05, 0) is 18.9 Å². The molecule has 0 aliphatic rings. The highest BCUT2D eigenvalue weighted by Gasteiger charge is 2.11. The van der Waals surface area contributed by atoms with E-state index in [1.165, 1.54) is 0 Å². The summed E-state index contributed by atoms with van der Waals surface area (Å²) in [5, 5.41) is 11.0. The minimum absolute atomic E-state index is 0.528. The van der Waals surface area contributed by atoms with Gasteiger partial charge in [0, 0.05) is 11.6 Å². The number of carbonyl (C=O) groups is 1. The van der Waals surface area contributed by atoms with E-state index in [1.54, 1.807) is 6.92 Å². The first kappa shape index (κ1) is 13.4. The van der Waals surface area contributed by atoms with Gasteiger partial charge in [0.05, 0.1) is 12.5 Å². The van der Waals surface area contributed by atoms with E-state index in [2.05, 4.69) is 4.99 Å². The number of carboxylic acids is 1. The monoisotopic (exact) mass is 232 g/mol. The van der Waals surface area contributed by atoms with Crippen LogP contribution >= 0.6 is 0 Å². The molecule has 17 heavy (non-hydrogen) atoms. The van der Waals surface area contributed by atoms with Gasteiger partial charge in [0.15, 0.2) is 0 Å². The zero-order valence-electron chi connectivity index (χ0n) is 10.3. The van der Waals surface area contributed by atoms with Crippen LogP contribution in [0.3, 0.4) is 0 Å². The van der Waals surface area contributed by atoms with Crippen molar-refractivity contribution in [2.45, 2.75) is 33.2 Å². The lowest BCUT2D eigenvalue weighted by Gasteiger charge is -2.17. The molecule has 0 amide bonds. The molecule has 0 N–H and O–H groups in total. The number of hydrogen-bond acceptors (Lipinski definition) is 3. The Morgan fingerprint density at radius 3 is 2.53 bits per heavy atom. The summed E-state index contributed by atoms with van der Waals surface area (Å²) in [7, 11) is 0. The Balaban J connectivity index is 2.67. The first-order valence-electron chi connectivity index (χ1n) is 5.91. The lowest BCUT2D eigenvalue weighted by atomic mass is 9.99. The predicted octanol–water partition coefficient (Wildman–Crippen LogP) is 1.81. The van der Waals surface area contributed by atoms with Crippen molar-refractivity contribution in [1.29, 1.82) is 0 Å². The van der Waals surface area contributed by atoms with Crippen LogP contribution in [-0.2, 0) is 11.3 Å². The molecule has 0 aliphatic carbocycles. The fourth-order valence-corrected chi connectivity index (χ4v) is 1.70. The number of carbonyl (C=O) groups excluding carboxylic acids is 1. The molecule has 1 rings (SSSR count). The maximum atomic E-state index is 11.0. The van der Waals surface area contributed by atoms with Crippen LogP contribution in [0, 0.1) is 5.92 Å². The predicted molar refractivity (Wildman–Crippen MR) is 66.7 cm³/mol. The summed E-state index contributed by atoms with van der Waals surface area (Å²) in [5.74, 6) is -1.58. The Kier molecular flexibility index (Phi) is 5.40. The number of hydrogen-bond donors (Lipinski definition) is 0. The van der Waals surface area contributed by atoms with Crippen LogP contribution < -0.4 is 5.11 Å². The maximum absolute atomic E-state index is 11.0. The molecule has 0 saturated carbocycles. The number of nitrogens with zero attached hydrogens (tertiary/aromatic N) is 1. The molecule has 92 valence electrons.